The number of likely N-dealkylation sites (N-methyl/N-ethyl adjacent to an activating group) is 1. The number of rotatable bonds is 6. The number of phenols is 1. The molecule has 2 N–H and O–H groups in total. The standard InChI is InChI=1S/C28H32Cl2N2O3/c1-3-12-32-14-11-27-24-18-5-7-22(33)25(24)35-26(27)21(8-10-28(27,34)23(32)16-18)31(2)13-9-17-4-6-19(29)20(30)15-17/h3-7,15,21,23,26,33-34H,1,8-14,16H2,2H3/t21-,23+,26-,27-,28+/m0/s1. The first-order chi connectivity index (χ1) is 16.8. The van der Waals surface area contributed by atoms with Gasteiger partial charge in [-0.25, -0.2) is 0 Å². The van der Waals surface area contributed by atoms with Gasteiger partial charge in [0.2, 0.25) is 0 Å². The van der Waals surface area contributed by atoms with Gasteiger partial charge in [-0.2, -0.15) is 0 Å². The van der Waals surface area contributed by atoms with Crippen LogP contribution >= 0.6 is 23.2 Å². The summed E-state index contributed by atoms with van der Waals surface area (Å²) in [5, 5.41) is 24.4. The first-order valence-electron chi connectivity index (χ1n) is 12.5. The molecule has 7 heteroatoms. The summed E-state index contributed by atoms with van der Waals surface area (Å²) in [5.74, 6) is 0.769. The number of halogens is 2. The summed E-state index contributed by atoms with van der Waals surface area (Å²) in [6, 6.07) is 9.73. The Bertz CT molecular complexity index is 1190. The maximum atomic E-state index is 12.5. The minimum absolute atomic E-state index is 0.0193. The fourth-order valence-electron chi connectivity index (χ4n) is 7.61. The van der Waals surface area contributed by atoms with Crippen LogP contribution in [0.1, 0.15) is 36.0 Å². The summed E-state index contributed by atoms with van der Waals surface area (Å²) >= 11 is 12.3. The molecular weight excluding hydrogens is 483 g/mol. The van der Waals surface area contributed by atoms with Crippen LogP contribution in [0.25, 0.3) is 0 Å². The molecule has 1 saturated heterocycles. The van der Waals surface area contributed by atoms with E-state index in [1.54, 1.807) is 6.07 Å². The van der Waals surface area contributed by atoms with Gasteiger partial charge in [0.05, 0.1) is 21.1 Å². The molecule has 0 radical (unpaired) electrons. The molecule has 2 aliphatic carbocycles. The average Bonchev–Trinajstić information content (AvgIpc) is 3.19. The predicted octanol–water partition coefficient (Wildman–Crippen LogP) is 4.58. The van der Waals surface area contributed by atoms with Crippen molar-refractivity contribution < 1.29 is 14.9 Å². The fraction of sp³-hybridized carbons (Fsp3) is 0.500. The Morgan fingerprint density at radius 1 is 1.23 bits per heavy atom. The maximum Gasteiger partial charge on any atom is 0.165 e. The highest BCUT2D eigenvalue weighted by Crippen LogP contribution is 2.65. The Hall–Kier alpha value is -1.76. The molecule has 5 nitrogen and oxygen atoms in total. The van der Waals surface area contributed by atoms with Crippen LogP contribution in [0.2, 0.25) is 10.0 Å². The van der Waals surface area contributed by atoms with Crippen molar-refractivity contribution in [2.24, 2.45) is 0 Å². The summed E-state index contributed by atoms with van der Waals surface area (Å²) in [6.07, 6.45) is 5.68. The van der Waals surface area contributed by atoms with Gasteiger partial charge in [-0.3, -0.25) is 9.80 Å². The van der Waals surface area contributed by atoms with Crippen LogP contribution in [-0.2, 0) is 18.3 Å². The number of nitrogens with zero attached hydrogens (tertiary/aromatic N) is 2. The molecule has 186 valence electrons. The lowest BCUT2D eigenvalue weighted by atomic mass is 9.48. The molecule has 2 aromatic rings. The van der Waals surface area contributed by atoms with Gasteiger partial charge in [-0.15, -0.1) is 6.58 Å². The lowest BCUT2D eigenvalue weighted by molar-refractivity contribution is -0.197. The number of aliphatic hydroxyl groups is 1. The third kappa shape index (κ3) is 3.25. The van der Waals surface area contributed by atoms with E-state index < -0.39 is 11.0 Å². The topological polar surface area (TPSA) is 56.2 Å². The quantitative estimate of drug-likeness (QED) is 0.552. The van der Waals surface area contributed by atoms with E-state index in [4.69, 9.17) is 27.9 Å². The van der Waals surface area contributed by atoms with Crippen LogP contribution in [0.4, 0.5) is 0 Å². The molecule has 2 aromatic carbocycles. The lowest BCUT2D eigenvalue weighted by Gasteiger charge is -2.64. The number of hydrogen-bond donors (Lipinski definition) is 2. The zero-order valence-electron chi connectivity index (χ0n) is 20.0. The fourth-order valence-corrected chi connectivity index (χ4v) is 7.93. The van der Waals surface area contributed by atoms with Crippen molar-refractivity contribution in [1.29, 1.82) is 0 Å². The first-order valence-corrected chi connectivity index (χ1v) is 13.3. The number of aromatic hydroxyl groups is 1. The molecule has 1 spiro atoms. The monoisotopic (exact) mass is 514 g/mol. The SMILES string of the molecule is C=CCN1CC[C@]23c4c5ccc(O)c4O[C@H]2[C@@H](N(C)CCc2ccc(Cl)c(Cl)c2)CC[C@@]3(O)[C@H]1C5. The number of piperidine rings is 1. The summed E-state index contributed by atoms with van der Waals surface area (Å²) < 4.78 is 6.66. The molecule has 2 heterocycles. The third-order valence-corrected chi connectivity index (χ3v) is 9.95. The summed E-state index contributed by atoms with van der Waals surface area (Å²) in [7, 11) is 2.14. The molecule has 4 aliphatic rings. The van der Waals surface area contributed by atoms with Gasteiger partial charge in [0, 0.05) is 30.7 Å². The van der Waals surface area contributed by atoms with Gasteiger partial charge < -0.3 is 14.9 Å². The second-order valence-electron chi connectivity index (χ2n) is 10.7. The van der Waals surface area contributed by atoms with Gasteiger partial charge in [-0.1, -0.05) is 41.4 Å². The molecule has 2 aliphatic heterocycles. The Morgan fingerprint density at radius 2 is 2.06 bits per heavy atom. The van der Waals surface area contributed by atoms with E-state index in [-0.39, 0.29) is 23.9 Å². The molecule has 35 heavy (non-hydrogen) atoms. The van der Waals surface area contributed by atoms with E-state index in [0.29, 0.717) is 22.2 Å². The van der Waals surface area contributed by atoms with Crippen LogP contribution in [0.3, 0.4) is 0 Å². The average molecular weight is 515 g/mol. The Morgan fingerprint density at radius 3 is 2.83 bits per heavy atom. The number of likely N-dealkylation sites (tertiary alicyclic amines) is 1. The zero-order chi connectivity index (χ0) is 24.5. The maximum absolute atomic E-state index is 12.5. The van der Waals surface area contributed by atoms with Crippen LogP contribution in [0.15, 0.2) is 43.0 Å². The molecule has 6 rings (SSSR count). The Kier molecular flexibility index (Phi) is 5.66. The Labute approximate surface area is 216 Å². The van der Waals surface area contributed by atoms with E-state index >= 15 is 0 Å². The number of phenolic OH excluding ortho intramolecular Hbond substituents is 1. The van der Waals surface area contributed by atoms with Crippen molar-refractivity contribution in [3.8, 4) is 11.5 Å². The molecule has 0 unspecified atom stereocenters. The van der Waals surface area contributed by atoms with Crippen molar-refractivity contribution in [2.75, 3.05) is 26.7 Å². The molecule has 0 amide bonds. The summed E-state index contributed by atoms with van der Waals surface area (Å²) in [4.78, 5) is 4.75. The van der Waals surface area contributed by atoms with Gasteiger partial charge in [0.25, 0.3) is 0 Å². The summed E-state index contributed by atoms with van der Waals surface area (Å²) in [5.41, 5.74) is 1.98. The second-order valence-corrected chi connectivity index (χ2v) is 11.5. The number of benzene rings is 2. The van der Waals surface area contributed by atoms with E-state index in [2.05, 4.69) is 23.4 Å². The molecule has 2 bridgehead atoms. The normalized spacial score (nSPS) is 32.9. The molecular formula is C28H32Cl2N2O3. The van der Waals surface area contributed by atoms with Crippen molar-refractivity contribution in [3.63, 3.8) is 0 Å². The van der Waals surface area contributed by atoms with Crippen molar-refractivity contribution in [1.82, 2.24) is 9.80 Å². The van der Waals surface area contributed by atoms with E-state index in [1.165, 1.54) is 5.56 Å². The summed E-state index contributed by atoms with van der Waals surface area (Å²) in [6.45, 7) is 6.43. The van der Waals surface area contributed by atoms with Gasteiger partial charge in [0.1, 0.15) is 6.10 Å². The van der Waals surface area contributed by atoms with Gasteiger partial charge >= 0.3 is 0 Å². The highest BCUT2D eigenvalue weighted by atomic mass is 35.5. The van der Waals surface area contributed by atoms with Gasteiger partial charge in [-0.05, 0) is 75.0 Å². The van der Waals surface area contributed by atoms with Crippen LogP contribution in [-0.4, -0.2) is 70.5 Å². The number of ether oxygens (including phenoxy) is 1. The Balaban J connectivity index is 1.35. The van der Waals surface area contributed by atoms with Crippen molar-refractivity contribution >= 4 is 23.2 Å². The van der Waals surface area contributed by atoms with Crippen molar-refractivity contribution in [3.05, 3.63) is 69.7 Å². The first kappa shape index (κ1) is 23.6. The van der Waals surface area contributed by atoms with Gasteiger partial charge in [0.15, 0.2) is 11.5 Å². The van der Waals surface area contributed by atoms with Crippen LogP contribution < -0.4 is 4.74 Å². The highest BCUT2D eigenvalue weighted by molar-refractivity contribution is 6.42. The number of hydrogen-bond acceptors (Lipinski definition) is 5. The molecule has 2 fully saturated rings. The zero-order valence-corrected chi connectivity index (χ0v) is 21.5. The highest BCUT2D eigenvalue weighted by Gasteiger charge is 2.73. The molecule has 1 saturated carbocycles. The smallest absolute Gasteiger partial charge is 0.165 e. The second kappa shape index (κ2) is 8.39. The van der Waals surface area contributed by atoms with Crippen molar-refractivity contribution in [2.45, 2.75) is 61.3 Å². The van der Waals surface area contributed by atoms with Crippen LogP contribution in [0.5, 0.6) is 11.5 Å². The molecule has 5 atom stereocenters. The largest absolute Gasteiger partial charge is 0.504 e. The minimum atomic E-state index is -0.897. The van der Waals surface area contributed by atoms with E-state index in [0.717, 1.165) is 56.4 Å². The van der Waals surface area contributed by atoms with E-state index in [9.17, 15) is 10.2 Å². The third-order valence-electron chi connectivity index (χ3n) is 9.21. The predicted molar refractivity (Wildman–Crippen MR) is 139 cm³/mol. The molecule has 0 aromatic heterocycles. The lowest BCUT2D eigenvalue weighted by Crippen LogP contribution is -2.78. The minimum Gasteiger partial charge on any atom is -0.504 e. The van der Waals surface area contributed by atoms with Crippen LogP contribution in [0, 0.1) is 0 Å². The van der Waals surface area contributed by atoms with E-state index in [1.807, 2.05) is 30.3 Å².